The molecule has 2 aliphatic rings. The summed E-state index contributed by atoms with van der Waals surface area (Å²) < 4.78 is 4.57. The monoisotopic (exact) mass is 369 g/mol. The van der Waals surface area contributed by atoms with Crippen LogP contribution in [0.2, 0.25) is 0 Å². The number of aromatic nitrogens is 5. The van der Waals surface area contributed by atoms with Crippen LogP contribution in [-0.4, -0.2) is 30.4 Å². The highest BCUT2D eigenvalue weighted by Gasteiger charge is 2.33. The molecule has 142 valence electrons. The normalized spacial score (nSPS) is 19.6. The van der Waals surface area contributed by atoms with Crippen molar-refractivity contribution in [3.05, 3.63) is 38.1 Å². The van der Waals surface area contributed by atoms with E-state index in [1.807, 2.05) is 11.0 Å². The van der Waals surface area contributed by atoms with Gasteiger partial charge in [-0.15, -0.1) is 10.2 Å². The highest BCUT2D eigenvalue weighted by Crippen LogP contribution is 2.35. The van der Waals surface area contributed by atoms with Gasteiger partial charge < -0.3 is 9.47 Å². The van der Waals surface area contributed by atoms with Gasteiger partial charge in [0.05, 0.1) is 6.04 Å². The molecule has 1 unspecified atom stereocenters. The molecule has 1 atom stereocenters. The molecular weight excluding hydrogens is 346 g/mol. The van der Waals surface area contributed by atoms with Gasteiger partial charge in [-0.3, -0.25) is 13.9 Å². The van der Waals surface area contributed by atoms with Crippen molar-refractivity contribution >= 4 is 5.82 Å². The zero-order chi connectivity index (χ0) is 19.1. The second-order valence-corrected chi connectivity index (χ2v) is 7.30. The Kier molecular flexibility index (Phi) is 4.34. The van der Waals surface area contributed by atoms with Gasteiger partial charge >= 0.3 is 5.69 Å². The average Bonchev–Trinajstić information content (AvgIpc) is 3.13. The van der Waals surface area contributed by atoms with Gasteiger partial charge in [0.2, 0.25) is 0 Å². The fourth-order valence-electron chi connectivity index (χ4n) is 4.30. The van der Waals surface area contributed by atoms with E-state index in [0.717, 1.165) is 61.3 Å². The van der Waals surface area contributed by atoms with Gasteiger partial charge in [0.1, 0.15) is 17.7 Å². The van der Waals surface area contributed by atoms with E-state index >= 15 is 0 Å². The molecule has 0 amide bonds. The molecule has 0 aliphatic carbocycles. The van der Waals surface area contributed by atoms with Gasteiger partial charge in [-0.2, -0.15) is 5.26 Å². The number of aryl methyl sites for hydroxylation is 1. The standard InChI is InChI=1S/C18H23N7O2/c1-22-16(12(11-19)17(26)23(2)18(22)27)24-9-5-3-7-13(24)15-21-20-14-8-4-6-10-25(14)15/h13H,3-10H2,1-2H3. The minimum absolute atomic E-state index is 0.00452. The summed E-state index contributed by atoms with van der Waals surface area (Å²) in [5.41, 5.74) is -0.977. The van der Waals surface area contributed by atoms with Crippen LogP contribution in [0, 0.1) is 11.3 Å². The molecule has 27 heavy (non-hydrogen) atoms. The van der Waals surface area contributed by atoms with Crippen LogP contribution in [0.5, 0.6) is 0 Å². The number of hydrogen-bond donors (Lipinski definition) is 0. The Morgan fingerprint density at radius 3 is 2.59 bits per heavy atom. The van der Waals surface area contributed by atoms with Crippen LogP contribution < -0.4 is 16.1 Å². The predicted octanol–water partition coefficient (Wildman–Crippen LogP) is 0.615. The molecule has 0 N–H and O–H groups in total. The molecule has 4 rings (SSSR count). The summed E-state index contributed by atoms with van der Waals surface area (Å²) in [6.45, 7) is 1.56. The molecule has 0 aromatic carbocycles. The summed E-state index contributed by atoms with van der Waals surface area (Å²) in [4.78, 5) is 27.0. The lowest BCUT2D eigenvalue weighted by molar-refractivity contribution is 0.415. The second-order valence-electron chi connectivity index (χ2n) is 7.30. The van der Waals surface area contributed by atoms with Crippen LogP contribution in [0.25, 0.3) is 0 Å². The van der Waals surface area contributed by atoms with Gasteiger partial charge in [0, 0.05) is 33.6 Å². The molecular formula is C18H23N7O2. The number of fused-ring (bicyclic) bond motifs is 1. The number of anilines is 1. The third-order valence-corrected chi connectivity index (χ3v) is 5.71. The fraction of sp³-hybridized carbons (Fsp3) is 0.611. The number of nitriles is 1. The van der Waals surface area contributed by atoms with E-state index in [2.05, 4.69) is 14.8 Å². The highest BCUT2D eigenvalue weighted by atomic mass is 16.2. The number of piperidine rings is 1. The van der Waals surface area contributed by atoms with E-state index in [1.54, 1.807) is 7.05 Å². The maximum absolute atomic E-state index is 12.5. The first-order valence-corrected chi connectivity index (χ1v) is 9.43. The van der Waals surface area contributed by atoms with Crippen molar-refractivity contribution < 1.29 is 0 Å². The maximum Gasteiger partial charge on any atom is 0.332 e. The summed E-state index contributed by atoms with van der Waals surface area (Å²) in [5, 5.41) is 18.5. The summed E-state index contributed by atoms with van der Waals surface area (Å²) in [6, 6.07) is 1.93. The quantitative estimate of drug-likeness (QED) is 0.769. The van der Waals surface area contributed by atoms with Gasteiger partial charge in [-0.05, 0) is 32.1 Å². The third kappa shape index (κ3) is 2.67. The average molecular weight is 369 g/mol. The minimum atomic E-state index is -0.553. The lowest BCUT2D eigenvalue weighted by Gasteiger charge is -2.38. The largest absolute Gasteiger partial charge is 0.346 e. The molecule has 0 bridgehead atoms. The van der Waals surface area contributed by atoms with Gasteiger partial charge in [0.15, 0.2) is 11.4 Å². The second kappa shape index (κ2) is 6.68. The lowest BCUT2D eigenvalue weighted by atomic mass is 10.00. The smallest absolute Gasteiger partial charge is 0.332 e. The van der Waals surface area contributed by atoms with Crippen molar-refractivity contribution in [3.8, 4) is 6.07 Å². The van der Waals surface area contributed by atoms with E-state index in [0.29, 0.717) is 12.4 Å². The van der Waals surface area contributed by atoms with E-state index in [-0.39, 0.29) is 11.6 Å². The molecule has 2 aromatic rings. The van der Waals surface area contributed by atoms with Crippen LogP contribution in [0.4, 0.5) is 5.82 Å². The van der Waals surface area contributed by atoms with Crippen LogP contribution in [0.15, 0.2) is 9.59 Å². The van der Waals surface area contributed by atoms with Gasteiger partial charge in [-0.1, -0.05) is 0 Å². The third-order valence-electron chi connectivity index (χ3n) is 5.71. The molecule has 9 heteroatoms. The number of rotatable bonds is 2. The van der Waals surface area contributed by atoms with E-state index in [1.165, 1.54) is 11.6 Å². The first-order valence-electron chi connectivity index (χ1n) is 9.43. The van der Waals surface area contributed by atoms with Crippen molar-refractivity contribution in [2.75, 3.05) is 11.4 Å². The topological polar surface area (TPSA) is 102 Å². The molecule has 4 heterocycles. The number of nitrogens with zero attached hydrogens (tertiary/aromatic N) is 7. The molecule has 0 saturated carbocycles. The van der Waals surface area contributed by atoms with Gasteiger partial charge in [-0.25, -0.2) is 4.79 Å². The molecule has 1 fully saturated rings. The van der Waals surface area contributed by atoms with Crippen molar-refractivity contribution in [1.82, 2.24) is 23.9 Å². The predicted molar refractivity (Wildman–Crippen MR) is 98.5 cm³/mol. The lowest BCUT2D eigenvalue weighted by Crippen LogP contribution is -2.45. The van der Waals surface area contributed by atoms with Crippen molar-refractivity contribution in [1.29, 1.82) is 5.26 Å². The first kappa shape index (κ1) is 17.5. The molecule has 2 aromatic heterocycles. The minimum Gasteiger partial charge on any atom is -0.346 e. The Morgan fingerprint density at radius 2 is 1.81 bits per heavy atom. The van der Waals surface area contributed by atoms with E-state index in [9.17, 15) is 14.9 Å². The molecule has 1 saturated heterocycles. The SMILES string of the molecule is Cn1c(N2CCCCC2c2nnc3n2CCCC3)c(C#N)c(=O)n(C)c1=O. The zero-order valence-corrected chi connectivity index (χ0v) is 15.7. The summed E-state index contributed by atoms with van der Waals surface area (Å²) in [6.07, 6.45) is 5.96. The Morgan fingerprint density at radius 1 is 1.04 bits per heavy atom. The number of hydrogen-bond acceptors (Lipinski definition) is 6. The first-order chi connectivity index (χ1) is 13.0. The summed E-state index contributed by atoms with van der Waals surface area (Å²) in [7, 11) is 3.01. The molecule has 0 radical (unpaired) electrons. The van der Waals surface area contributed by atoms with E-state index < -0.39 is 11.2 Å². The highest BCUT2D eigenvalue weighted by molar-refractivity contribution is 5.55. The Balaban J connectivity index is 1.88. The van der Waals surface area contributed by atoms with Crippen LogP contribution in [0.3, 0.4) is 0 Å². The fourth-order valence-corrected chi connectivity index (χ4v) is 4.30. The van der Waals surface area contributed by atoms with E-state index in [4.69, 9.17) is 0 Å². The Labute approximate surface area is 156 Å². The van der Waals surface area contributed by atoms with Crippen molar-refractivity contribution in [3.63, 3.8) is 0 Å². The Bertz CT molecular complexity index is 1040. The van der Waals surface area contributed by atoms with Crippen LogP contribution >= 0.6 is 0 Å². The molecule has 2 aliphatic heterocycles. The van der Waals surface area contributed by atoms with Crippen LogP contribution in [0.1, 0.15) is 55.4 Å². The maximum atomic E-state index is 12.5. The van der Waals surface area contributed by atoms with Crippen molar-refractivity contribution in [2.45, 2.75) is 51.1 Å². The zero-order valence-electron chi connectivity index (χ0n) is 15.7. The molecule has 0 spiro atoms. The Hall–Kier alpha value is -2.89. The van der Waals surface area contributed by atoms with Crippen LogP contribution in [-0.2, 0) is 27.1 Å². The molecule has 9 nitrogen and oxygen atoms in total. The summed E-state index contributed by atoms with van der Waals surface area (Å²) >= 11 is 0. The van der Waals surface area contributed by atoms with Gasteiger partial charge in [0.25, 0.3) is 5.56 Å². The van der Waals surface area contributed by atoms with Crippen molar-refractivity contribution in [2.24, 2.45) is 14.1 Å². The summed E-state index contributed by atoms with van der Waals surface area (Å²) in [5.74, 6) is 2.27.